The monoisotopic (exact) mass is 206 g/mol. The second-order valence-electron chi connectivity index (χ2n) is 3.97. The van der Waals surface area contributed by atoms with Crippen molar-refractivity contribution >= 4 is 11.5 Å². The van der Waals surface area contributed by atoms with E-state index in [-0.39, 0.29) is 11.7 Å². The molecule has 1 rings (SSSR count). The molecule has 15 heavy (non-hydrogen) atoms. The quantitative estimate of drug-likeness (QED) is 0.719. The molecule has 1 aromatic rings. The molecule has 0 aliphatic carbocycles. The van der Waals surface area contributed by atoms with Crippen molar-refractivity contribution in [2.24, 2.45) is 5.92 Å². The van der Waals surface area contributed by atoms with Gasteiger partial charge in [-0.3, -0.25) is 4.79 Å². The predicted molar refractivity (Wildman–Crippen MR) is 62.4 cm³/mol. The summed E-state index contributed by atoms with van der Waals surface area (Å²) in [6, 6.07) is 7.65. The maximum absolute atomic E-state index is 11.3. The minimum absolute atomic E-state index is 0.101. The second-order valence-corrected chi connectivity index (χ2v) is 3.97. The van der Waals surface area contributed by atoms with E-state index in [0.717, 1.165) is 11.3 Å². The van der Waals surface area contributed by atoms with E-state index in [1.54, 1.807) is 0 Å². The fraction of sp³-hybridized carbons (Fsp3) is 0.417. The van der Waals surface area contributed by atoms with Crippen molar-refractivity contribution in [3.05, 3.63) is 29.8 Å². The third-order valence-electron chi connectivity index (χ3n) is 2.25. The van der Waals surface area contributed by atoms with Crippen molar-refractivity contribution < 1.29 is 4.79 Å². The van der Waals surface area contributed by atoms with Crippen molar-refractivity contribution in [3.63, 3.8) is 0 Å². The van der Waals surface area contributed by atoms with E-state index < -0.39 is 0 Å². The number of benzene rings is 1. The fourth-order valence-electron chi connectivity index (χ4n) is 1.17. The van der Waals surface area contributed by atoms with Crippen molar-refractivity contribution in [3.8, 4) is 0 Å². The zero-order valence-electron chi connectivity index (χ0n) is 9.29. The summed E-state index contributed by atoms with van der Waals surface area (Å²) in [5.74, 6) is 0.342. The third-order valence-corrected chi connectivity index (χ3v) is 2.25. The number of nitrogens with two attached hydrogens (primary N) is 1. The van der Waals surface area contributed by atoms with E-state index >= 15 is 0 Å². The largest absolute Gasteiger partial charge is 0.399 e. The van der Waals surface area contributed by atoms with Gasteiger partial charge in [0.25, 0.3) is 0 Å². The normalized spacial score (nSPS) is 10.6. The van der Waals surface area contributed by atoms with Gasteiger partial charge in [-0.05, 0) is 17.7 Å². The number of anilines is 1. The average Bonchev–Trinajstić information content (AvgIpc) is 2.20. The highest BCUT2D eigenvalue weighted by atomic mass is 16.1. The predicted octanol–water partition coefficient (Wildman–Crippen LogP) is 1.58. The molecule has 0 bridgehead atoms. The standard InChI is InChI=1S/C12H18N2O/c1-9(2)12(15)8-14-7-10-3-5-11(13)6-4-10/h3-6,9,14H,7-8,13H2,1-2H3. The summed E-state index contributed by atoms with van der Waals surface area (Å²) in [6.45, 7) is 4.96. The first kappa shape index (κ1) is 11.7. The lowest BCUT2D eigenvalue weighted by Gasteiger charge is -2.06. The molecule has 3 nitrogen and oxygen atoms in total. The van der Waals surface area contributed by atoms with E-state index in [1.807, 2.05) is 38.1 Å². The first-order chi connectivity index (χ1) is 7.09. The van der Waals surface area contributed by atoms with Gasteiger partial charge in [-0.2, -0.15) is 0 Å². The van der Waals surface area contributed by atoms with Crippen molar-refractivity contribution in [2.45, 2.75) is 20.4 Å². The number of carbonyl (C=O) groups is 1. The molecule has 0 aromatic heterocycles. The van der Waals surface area contributed by atoms with E-state index in [9.17, 15) is 4.79 Å². The van der Waals surface area contributed by atoms with Gasteiger partial charge in [0, 0.05) is 18.2 Å². The molecular weight excluding hydrogens is 188 g/mol. The number of rotatable bonds is 5. The van der Waals surface area contributed by atoms with E-state index in [2.05, 4.69) is 5.32 Å². The topological polar surface area (TPSA) is 55.1 Å². The summed E-state index contributed by atoms with van der Waals surface area (Å²) in [6.07, 6.45) is 0. The SMILES string of the molecule is CC(C)C(=O)CNCc1ccc(N)cc1. The minimum Gasteiger partial charge on any atom is -0.399 e. The number of ketones is 1. The van der Waals surface area contributed by atoms with Crippen molar-refractivity contribution in [2.75, 3.05) is 12.3 Å². The van der Waals surface area contributed by atoms with Crippen LogP contribution in [0.4, 0.5) is 5.69 Å². The van der Waals surface area contributed by atoms with Gasteiger partial charge in [-0.15, -0.1) is 0 Å². The first-order valence-corrected chi connectivity index (χ1v) is 5.17. The molecule has 0 saturated heterocycles. The van der Waals surface area contributed by atoms with E-state index in [0.29, 0.717) is 13.1 Å². The lowest BCUT2D eigenvalue weighted by atomic mass is 10.1. The molecule has 0 radical (unpaired) electrons. The maximum atomic E-state index is 11.3. The molecule has 0 saturated carbocycles. The summed E-state index contributed by atoms with van der Waals surface area (Å²) < 4.78 is 0. The van der Waals surface area contributed by atoms with Crippen LogP contribution in [0.15, 0.2) is 24.3 Å². The molecule has 82 valence electrons. The molecule has 0 unspecified atom stereocenters. The second kappa shape index (κ2) is 5.51. The highest BCUT2D eigenvalue weighted by molar-refractivity contribution is 5.82. The van der Waals surface area contributed by atoms with Gasteiger partial charge in [0.1, 0.15) is 5.78 Å². The Hall–Kier alpha value is -1.35. The van der Waals surface area contributed by atoms with Crippen molar-refractivity contribution in [1.82, 2.24) is 5.32 Å². The average molecular weight is 206 g/mol. The van der Waals surface area contributed by atoms with Gasteiger partial charge < -0.3 is 11.1 Å². The molecule has 0 heterocycles. The van der Waals surface area contributed by atoms with Gasteiger partial charge in [0.05, 0.1) is 6.54 Å². The van der Waals surface area contributed by atoms with Crippen LogP contribution in [0, 0.1) is 5.92 Å². The molecular formula is C12H18N2O. The molecule has 0 aliphatic heterocycles. The highest BCUT2D eigenvalue weighted by Gasteiger charge is 2.05. The fourth-order valence-corrected chi connectivity index (χ4v) is 1.17. The van der Waals surface area contributed by atoms with Crippen LogP contribution in [-0.2, 0) is 11.3 Å². The Bertz CT molecular complexity index is 317. The first-order valence-electron chi connectivity index (χ1n) is 5.17. The molecule has 0 aliphatic rings. The Labute approximate surface area is 90.7 Å². The minimum atomic E-state index is 0.101. The van der Waals surface area contributed by atoms with Crippen molar-refractivity contribution in [1.29, 1.82) is 0 Å². The lowest BCUT2D eigenvalue weighted by Crippen LogP contribution is -2.25. The number of carbonyl (C=O) groups excluding carboxylic acids is 1. The number of Topliss-reactive ketones (excluding diaryl/α,β-unsaturated/α-hetero) is 1. The molecule has 1 aromatic carbocycles. The summed E-state index contributed by atoms with van der Waals surface area (Å²) >= 11 is 0. The summed E-state index contributed by atoms with van der Waals surface area (Å²) in [7, 11) is 0. The van der Waals surface area contributed by atoms with Crippen LogP contribution in [0.5, 0.6) is 0 Å². The Kier molecular flexibility index (Phi) is 4.31. The number of nitrogens with one attached hydrogen (secondary N) is 1. The number of nitrogen functional groups attached to an aromatic ring is 1. The zero-order valence-corrected chi connectivity index (χ0v) is 9.29. The Morgan fingerprint density at radius 1 is 1.33 bits per heavy atom. The lowest BCUT2D eigenvalue weighted by molar-refractivity contribution is -0.121. The van der Waals surface area contributed by atoms with Gasteiger partial charge in [-0.25, -0.2) is 0 Å². The third kappa shape index (κ3) is 4.13. The van der Waals surface area contributed by atoms with Gasteiger partial charge in [0.2, 0.25) is 0 Å². The van der Waals surface area contributed by atoms with Crippen LogP contribution in [0.2, 0.25) is 0 Å². The summed E-state index contributed by atoms with van der Waals surface area (Å²) in [5, 5.41) is 3.11. The Balaban J connectivity index is 2.32. The van der Waals surface area contributed by atoms with Gasteiger partial charge in [0.15, 0.2) is 0 Å². The smallest absolute Gasteiger partial charge is 0.149 e. The molecule has 3 N–H and O–H groups in total. The zero-order chi connectivity index (χ0) is 11.3. The van der Waals surface area contributed by atoms with E-state index in [1.165, 1.54) is 0 Å². The number of hydrogen-bond acceptors (Lipinski definition) is 3. The van der Waals surface area contributed by atoms with Crippen LogP contribution in [0.1, 0.15) is 19.4 Å². The number of hydrogen-bond donors (Lipinski definition) is 2. The molecule has 0 fully saturated rings. The summed E-state index contributed by atoms with van der Waals surface area (Å²) in [5.41, 5.74) is 7.47. The Morgan fingerprint density at radius 3 is 2.47 bits per heavy atom. The molecule has 0 spiro atoms. The molecule has 0 atom stereocenters. The molecule has 0 amide bonds. The van der Waals surface area contributed by atoms with E-state index in [4.69, 9.17) is 5.73 Å². The van der Waals surface area contributed by atoms with Gasteiger partial charge in [-0.1, -0.05) is 26.0 Å². The van der Waals surface area contributed by atoms with Crippen LogP contribution >= 0.6 is 0 Å². The van der Waals surface area contributed by atoms with Crippen LogP contribution in [0.3, 0.4) is 0 Å². The van der Waals surface area contributed by atoms with Crippen LogP contribution < -0.4 is 11.1 Å². The van der Waals surface area contributed by atoms with Gasteiger partial charge >= 0.3 is 0 Å². The maximum Gasteiger partial charge on any atom is 0.149 e. The Morgan fingerprint density at radius 2 is 1.93 bits per heavy atom. The summed E-state index contributed by atoms with van der Waals surface area (Å²) in [4.78, 5) is 11.3. The van der Waals surface area contributed by atoms with Crippen LogP contribution in [0.25, 0.3) is 0 Å². The van der Waals surface area contributed by atoms with Crippen LogP contribution in [-0.4, -0.2) is 12.3 Å². The highest BCUT2D eigenvalue weighted by Crippen LogP contribution is 2.04. The molecule has 3 heteroatoms.